The fourth-order valence-corrected chi connectivity index (χ4v) is 2.91. The summed E-state index contributed by atoms with van der Waals surface area (Å²) in [7, 11) is 0. The summed E-state index contributed by atoms with van der Waals surface area (Å²) < 4.78 is 83.8. The number of rotatable bonds is 5. The third kappa shape index (κ3) is 5.46. The Morgan fingerprint density at radius 3 is 2.28 bits per heavy atom. The van der Waals surface area contributed by atoms with Gasteiger partial charge in [0.2, 0.25) is 5.88 Å². The number of hydrogen-bond acceptors (Lipinski definition) is 3. The van der Waals surface area contributed by atoms with E-state index in [1.54, 1.807) is 6.07 Å². The Morgan fingerprint density at radius 1 is 0.969 bits per heavy atom. The van der Waals surface area contributed by atoms with Crippen LogP contribution < -0.4 is 10.1 Å². The molecule has 0 radical (unpaired) electrons. The summed E-state index contributed by atoms with van der Waals surface area (Å²) >= 11 is 11.8. The molecule has 3 aromatic rings. The summed E-state index contributed by atoms with van der Waals surface area (Å²) in [6.45, 7) is -0.847. The zero-order valence-corrected chi connectivity index (χ0v) is 17.1. The number of benzene rings is 2. The molecule has 0 saturated carbocycles. The quantitative estimate of drug-likeness (QED) is 0.425. The minimum Gasteiger partial charge on any atom is -0.467 e. The molecule has 1 heterocycles. The van der Waals surface area contributed by atoms with Crippen LogP contribution in [0.15, 0.2) is 48.5 Å². The van der Waals surface area contributed by atoms with Gasteiger partial charge in [0.1, 0.15) is 0 Å². The lowest BCUT2D eigenvalue weighted by Crippen LogP contribution is -2.21. The maximum Gasteiger partial charge on any atom is 0.435 e. The van der Waals surface area contributed by atoms with Crippen LogP contribution in [-0.4, -0.2) is 22.3 Å². The second kappa shape index (κ2) is 8.91. The molecule has 170 valence electrons. The SMILES string of the molecule is O=C(COc1cc(C(F)(F)F)nn1-c1ccccc1Cl)Nc1cc(C(F)(F)F)ccc1Cl. The fourth-order valence-electron chi connectivity index (χ4n) is 2.52. The highest BCUT2D eigenvalue weighted by Gasteiger charge is 2.36. The monoisotopic (exact) mass is 497 g/mol. The molecule has 13 heteroatoms. The number of carbonyl (C=O) groups is 1. The van der Waals surface area contributed by atoms with E-state index in [2.05, 4.69) is 10.4 Å². The number of nitrogens with zero attached hydrogens (tertiary/aromatic N) is 2. The first-order chi connectivity index (χ1) is 14.9. The average Bonchev–Trinajstić information content (AvgIpc) is 3.12. The lowest BCUT2D eigenvalue weighted by molar-refractivity contribution is -0.141. The molecular formula is C19H11Cl2F6N3O2. The van der Waals surface area contributed by atoms with E-state index in [-0.39, 0.29) is 21.4 Å². The van der Waals surface area contributed by atoms with Crippen LogP contribution in [0, 0.1) is 0 Å². The van der Waals surface area contributed by atoms with Gasteiger partial charge in [0.25, 0.3) is 5.91 Å². The Bertz CT molecular complexity index is 1140. The van der Waals surface area contributed by atoms with E-state index in [0.717, 1.165) is 16.8 Å². The predicted octanol–water partition coefficient (Wildman–Crippen LogP) is 6.23. The average molecular weight is 498 g/mol. The number of carbonyl (C=O) groups excluding carboxylic acids is 1. The van der Waals surface area contributed by atoms with Crippen molar-refractivity contribution in [2.75, 3.05) is 11.9 Å². The van der Waals surface area contributed by atoms with Crippen LogP contribution >= 0.6 is 23.2 Å². The maximum atomic E-state index is 13.1. The number of amides is 1. The van der Waals surface area contributed by atoms with Gasteiger partial charge in [-0.1, -0.05) is 35.3 Å². The first kappa shape index (κ1) is 23.7. The molecule has 0 spiro atoms. The van der Waals surface area contributed by atoms with Crippen LogP contribution in [-0.2, 0) is 17.1 Å². The molecule has 0 fully saturated rings. The number of alkyl halides is 6. The molecule has 1 N–H and O–H groups in total. The second-order valence-corrected chi connectivity index (χ2v) is 7.07. The van der Waals surface area contributed by atoms with E-state index in [1.807, 2.05) is 0 Å². The lowest BCUT2D eigenvalue weighted by Gasteiger charge is -2.13. The van der Waals surface area contributed by atoms with Crippen molar-refractivity contribution in [1.29, 1.82) is 0 Å². The van der Waals surface area contributed by atoms with Crippen LogP contribution in [0.4, 0.5) is 32.0 Å². The van der Waals surface area contributed by atoms with Gasteiger partial charge < -0.3 is 10.1 Å². The number of halogens is 8. The Balaban J connectivity index is 1.82. The molecule has 1 aromatic heterocycles. The van der Waals surface area contributed by atoms with Gasteiger partial charge in [0, 0.05) is 6.07 Å². The molecule has 0 saturated heterocycles. The molecule has 0 bridgehead atoms. The van der Waals surface area contributed by atoms with Gasteiger partial charge >= 0.3 is 12.4 Å². The number of nitrogens with one attached hydrogen (secondary N) is 1. The van der Waals surface area contributed by atoms with E-state index < -0.39 is 42.0 Å². The minimum absolute atomic E-state index is 0.0565. The smallest absolute Gasteiger partial charge is 0.435 e. The van der Waals surface area contributed by atoms with Crippen LogP contribution in [0.1, 0.15) is 11.3 Å². The fraction of sp³-hybridized carbons (Fsp3) is 0.158. The van der Waals surface area contributed by atoms with E-state index >= 15 is 0 Å². The van der Waals surface area contributed by atoms with Gasteiger partial charge in [-0.05, 0) is 30.3 Å². The molecule has 0 aliphatic carbocycles. The van der Waals surface area contributed by atoms with Gasteiger partial charge in [0.15, 0.2) is 12.3 Å². The van der Waals surface area contributed by atoms with Crippen molar-refractivity contribution >= 4 is 34.8 Å². The van der Waals surface area contributed by atoms with E-state index in [4.69, 9.17) is 27.9 Å². The van der Waals surface area contributed by atoms with Crippen molar-refractivity contribution in [3.05, 3.63) is 69.8 Å². The third-order valence-corrected chi connectivity index (χ3v) is 4.62. The molecule has 32 heavy (non-hydrogen) atoms. The Hall–Kier alpha value is -2.92. The van der Waals surface area contributed by atoms with Gasteiger partial charge in [-0.25, -0.2) is 0 Å². The van der Waals surface area contributed by atoms with Crippen molar-refractivity contribution in [3.63, 3.8) is 0 Å². The molecule has 0 atom stereocenters. The summed E-state index contributed by atoms with van der Waals surface area (Å²) in [4.78, 5) is 12.2. The topological polar surface area (TPSA) is 56.1 Å². The number of aromatic nitrogens is 2. The van der Waals surface area contributed by atoms with Crippen molar-refractivity contribution in [2.45, 2.75) is 12.4 Å². The summed E-state index contributed by atoms with van der Waals surface area (Å²) in [5.41, 5.74) is -2.63. The van der Waals surface area contributed by atoms with Gasteiger partial charge in [0.05, 0.1) is 27.0 Å². The summed E-state index contributed by atoms with van der Waals surface area (Å²) in [6.07, 6.45) is -9.48. The third-order valence-electron chi connectivity index (χ3n) is 3.97. The molecule has 0 aliphatic rings. The highest BCUT2D eigenvalue weighted by Crippen LogP contribution is 2.35. The van der Waals surface area contributed by atoms with E-state index in [0.29, 0.717) is 12.1 Å². The standard InChI is InChI=1S/C19H11Cl2F6N3O2/c20-11-6-5-10(18(22,23)24)7-13(11)28-16(31)9-32-17-8-15(19(25,26)27)29-30(17)14-4-2-1-3-12(14)21/h1-8H,9H2,(H,28,31). The van der Waals surface area contributed by atoms with Crippen molar-refractivity contribution in [3.8, 4) is 11.6 Å². The first-order valence-electron chi connectivity index (χ1n) is 8.58. The van der Waals surface area contributed by atoms with Crippen LogP contribution in [0.3, 0.4) is 0 Å². The number of para-hydroxylation sites is 1. The van der Waals surface area contributed by atoms with Gasteiger partial charge in [-0.3, -0.25) is 4.79 Å². The minimum atomic E-state index is -4.81. The molecule has 5 nitrogen and oxygen atoms in total. The molecule has 3 rings (SSSR count). The number of ether oxygens (including phenoxy) is 1. The Labute approximate surface area is 186 Å². The second-order valence-electron chi connectivity index (χ2n) is 6.26. The van der Waals surface area contributed by atoms with E-state index in [1.165, 1.54) is 18.2 Å². The molecule has 2 aromatic carbocycles. The highest BCUT2D eigenvalue weighted by atomic mass is 35.5. The van der Waals surface area contributed by atoms with Gasteiger partial charge in [-0.2, -0.15) is 36.1 Å². The zero-order chi connectivity index (χ0) is 23.7. The van der Waals surface area contributed by atoms with Crippen molar-refractivity contribution in [2.24, 2.45) is 0 Å². The Kier molecular flexibility index (Phi) is 6.61. The Morgan fingerprint density at radius 2 is 1.66 bits per heavy atom. The maximum absolute atomic E-state index is 13.1. The summed E-state index contributed by atoms with van der Waals surface area (Å²) in [6, 6.07) is 8.71. The number of hydrogen-bond donors (Lipinski definition) is 1. The molecule has 1 amide bonds. The normalized spacial score (nSPS) is 12.0. The lowest BCUT2D eigenvalue weighted by atomic mass is 10.2. The van der Waals surface area contributed by atoms with Crippen LogP contribution in [0.25, 0.3) is 5.69 Å². The van der Waals surface area contributed by atoms with Crippen molar-refractivity contribution < 1.29 is 35.9 Å². The predicted molar refractivity (Wildman–Crippen MR) is 104 cm³/mol. The molecule has 0 aliphatic heterocycles. The number of anilines is 1. The van der Waals surface area contributed by atoms with E-state index in [9.17, 15) is 31.1 Å². The largest absolute Gasteiger partial charge is 0.467 e. The summed E-state index contributed by atoms with van der Waals surface area (Å²) in [5, 5.41) is 5.45. The molecular weight excluding hydrogens is 487 g/mol. The van der Waals surface area contributed by atoms with Gasteiger partial charge in [-0.15, -0.1) is 0 Å². The summed E-state index contributed by atoms with van der Waals surface area (Å²) in [5.74, 6) is -1.43. The molecule has 0 unspecified atom stereocenters. The van der Waals surface area contributed by atoms with Crippen LogP contribution in [0.2, 0.25) is 10.0 Å². The first-order valence-corrected chi connectivity index (χ1v) is 9.33. The van der Waals surface area contributed by atoms with Crippen molar-refractivity contribution in [1.82, 2.24) is 9.78 Å². The highest BCUT2D eigenvalue weighted by molar-refractivity contribution is 6.33. The van der Waals surface area contributed by atoms with Crippen LogP contribution in [0.5, 0.6) is 5.88 Å². The zero-order valence-electron chi connectivity index (χ0n) is 15.6.